The second-order valence-corrected chi connectivity index (χ2v) is 8.65. The van der Waals surface area contributed by atoms with Crippen LogP contribution in [-0.4, -0.2) is 18.2 Å². The minimum atomic E-state index is -0.0963. The number of hydrogen-bond donors (Lipinski definition) is 0. The topological polar surface area (TPSA) is 43.4 Å². The van der Waals surface area contributed by atoms with Crippen LogP contribution in [-0.2, 0) is 0 Å². The molecule has 2 aromatic carbocycles. The van der Waals surface area contributed by atoms with Crippen molar-refractivity contribution in [1.29, 1.82) is 0 Å². The lowest BCUT2D eigenvalue weighted by Crippen LogP contribution is -2.20. The summed E-state index contributed by atoms with van der Waals surface area (Å²) in [7, 11) is 0. The summed E-state index contributed by atoms with van der Waals surface area (Å²) in [5.41, 5.74) is 1.90. The minimum Gasteiger partial charge on any atom is -0.494 e. The maximum absolute atomic E-state index is 12.8. The van der Waals surface area contributed by atoms with Crippen molar-refractivity contribution >= 4 is 11.6 Å². The number of hydrogen-bond acceptors (Lipinski definition) is 3. The van der Waals surface area contributed by atoms with Gasteiger partial charge in [-0.15, -0.1) is 0 Å². The summed E-state index contributed by atoms with van der Waals surface area (Å²) in [5, 5.41) is 0. The quantitative estimate of drug-likeness (QED) is 0.253. The van der Waals surface area contributed by atoms with E-state index < -0.39 is 0 Å². The molecule has 0 unspecified atom stereocenters. The average Bonchev–Trinajstić information content (AvgIpc) is 2.80. The molecule has 3 rings (SSSR count). The first kappa shape index (κ1) is 23.2. The van der Waals surface area contributed by atoms with Gasteiger partial charge in [-0.2, -0.15) is 0 Å². The summed E-state index contributed by atoms with van der Waals surface area (Å²) in [6.45, 7) is 2.91. The smallest absolute Gasteiger partial charge is 0.194 e. The lowest BCUT2D eigenvalue weighted by Gasteiger charge is -2.18. The highest BCUT2D eigenvalue weighted by atomic mass is 16.5. The van der Waals surface area contributed by atoms with Crippen molar-refractivity contribution in [3.05, 3.63) is 64.7 Å². The Morgan fingerprint density at radius 1 is 0.581 bits per heavy atom. The van der Waals surface area contributed by atoms with Crippen LogP contribution >= 0.6 is 0 Å². The number of fused-ring (bicyclic) bond motifs is 2. The molecule has 3 nitrogen and oxygen atoms in total. The molecule has 31 heavy (non-hydrogen) atoms. The first-order valence-electron chi connectivity index (χ1n) is 12.2. The molecule has 0 atom stereocenters. The summed E-state index contributed by atoms with van der Waals surface area (Å²) in [4.78, 5) is 25.4. The molecule has 1 aliphatic carbocycles. The Kier molecular flexibility index (Phi) is 9.33. The van der Waals surface area contributed by atoms with Gasteiger partial charge in [-0.1, -0.05) is 102 Å². The molecule has 0 saturated heterocycles. The van der Waals surface area contributed by atoms with E-state index in [9.17, 15) is 9.59 Å². The van der Waals surface area contributed by atoms with Gasteiger partial charge in [-0.25, -0.2) is 0 Å². The van der Waals surface area contributed by atoms with Gasteiger partial charge in [0.25, 0.3) is 0 Å². The molecular formula is C28H36O3. The Bertz CT molecular complexity index is 868. The van der Waals surface area contributed by atoms with Gasteiger partial charge in [-0.3, -0.25) is 9.59 Å². The summed E-state index contributed by atoms with van der Waals surface area (Å²) >= 11 is 0. The van der Waals surface area contributed by atoms with E-state index >= 15 is 0 Å². The first-order valence-corrected chi connectivity index (χ1v) is 12.2. The zero-order valence-corrected chi connectivity index (χ0v) is 19.0. The molecule has 0 fully saturated rings. The monoisotopic (exact) mass is 420 g/mol. The Morgan fingerprint density at radius 2 is 1.06 bits per heavy atom. The number of ether oxygens (including phenoxy) is 1. The summed E-state index contributed by atoms with van der Waals surface area (Å²) in [6.07, 6.45) is 15.8. The van der Waals surface area contributed by atoms with Crippen molar-refractivity contribution in [3.8, 4) is 5.75 Å². The number of benzene rings is 2. The fraction of sp³-hybridized carbons (Fsp3) is 0.500. The van der Waals surface area contributed by atoms with Crippen LogP contribution in [0.5, 0.6) is 5.75 Å². The van der Waals surface area contributed by atoms with Crippen molar-refractivity contribution in [1.82, 2.24) is 0 Å². The van der Waals surface area contributed by atoms with Gasteiger partial charge in [0, 0.05) is 22.3 Å². The molecule has 0 N–H and O–H groups in total. The van der Waals surface area contributed by atoms with Crippen LogP contribution in [0, 0.1) is 0 Å². The van der Waals surface area contributed by atoms with Gasteiger partial charge in [0.2, 0.25) is 0 Å². The Morgan fingerprint density at radius 3 is 1.65 bits per heavy atom. The van der Waals surface area contributed by atoms with E-state index in [0.29, 0.717) is 34.6 Å². The van der Waals surface area contributed by atoms with Gasteiger partial charge in [-0.05, 0) is 24.6 Å². The van der Waals surface area contributed by atoms with E-state index in [0.717, 1.165) is 6.42 Å². The molecule has 0 amide bonds. The Balaban J connectivity index is 1.33. The van der Waals surface area contributed by atoms with Gasteiger partial charge < -0.3 is 4.74 Å². The van der Waals surface area contributed by atoms with E-state index in [1.807, 2.05) is 0 Å². The zero-order valence-electron chi connectivity index (χ0n) is 19.0. The number of carbonyl (C=O) groups excluding carboxylic acids is 2. The van der Waals surface area contributed by atoms with Crippen LogP contribution in [0.2, 0.25) is 0 Å². The average molecular weight is 421 g/mol. The lowest BCUT2D eigenvalue weighted by molar-refractivity contribution is 0.0978. The highest BCUT2D eigenvalue weighted by Gasteiger charge is 2.29. The van der Waals surface area contributed by atoms with Crippen LogP contribution in [0.15, 0.2) is 42.5 Å². The molecule has 2 aromatic rings. The maximum atomic E-state index is 12.8. The molecule has 0 radical (unpaired) electrons. The second kappa shape index (κ2) is 12.4. The number of carbonyl (C=O) groups is 2. The third kappa shape index (κ3) is 6.53. The van der Waals surface area contributed by atoms with Crippen LogP contribution in [0.1, 0.15) is 116 Å². The fourth-order valence-corrected chi connectivity index (χ4v) is 4.30. The van der Waals surface area contributed by atoms with E-state index in [1.165, 1.54) is 70.6 Å². The fourth-order valence-electron chi connectivity index (χ4n) is 4.30. The highest BCUT2D eigenvalue weighted by Crippen LogP contribution is 2.29. The third-order valence-electron chi connectivity index (χ3n) is 6.16. The first-order chi connectivity index (χ1) is 15.2. The molecule has 0 spiro atoms. The normalized spacial score (nSPS) is 12.5. The van der Waals surface area contributed by atoms with Gasteiger partial charge in [0.1, 0.15) is 5.75 Å². The molecule has 1 aliphatic rings. The van der Waals surface area contributed by atoms with E-state index in [-0.39, 0.29) is 11.6 Å². The maximum Gasteiger partial charge on any atom is 0.194 e. The van der Waals surface area contributed by atoms with Crippen molar-refractivity contribution in [3.63, 3.8) is 0 Å². The molecule has 0 aliphatic heterocycles. The van der Waals surface area contributed by atoms with Gasteiger partial charge in [0.15, 0.2) is 11.6 Å². The third-order valence-corrected chi connectivity index (χ3v) is 6.16. The number of unbranched alkanes of at least 4 members (excludes halogenated alkanes) is 11. The van der Waals surface area contributed by atoms with E-state index in [4.69, 9.17) is 4.74 Å². The zero-order chi connectivity index (χ0) is 21.9. The Labute approximate surface area is 187 Å². The molecular weight excluding hydrogens is 384 g/mol. The molecule has 166 valence electrons. The van der Waals surface area contributed by atoms with Crippen LogP contribution in [0.4, 0.5) is 0 Å². The minimum absolute atomic E-state index is 0.0855. The van der Waals surface area contributed by atoms with Crippen LogP contribution in [0.3, 0.4) is 0 Å². The molecule has 3 heteroatoms. The summed E-state index contributed by atoms with van der Waals surface area (Å²) in [6, 6.07) is 12.3. The molecule has 0 bridgehead atoms. The van der Waals surface area contributed by atoms with E-state index in [2.05, 4.69) is 6.92 Å². The van der Waals surface area contributed by atoms with Crippen molar-refractivity contribution in [2.45, 2.75) is 84.0 Å². The van der Waals surface area contributed by atoms with E-state index in [1.54, 1.807) is 42.5 Å². The predicted molar refractivity (Wildman–Crippen MR) is 126 cm³/mol. The van der Waals surface area contributed by atoms with Gasteiger partial charge in [0.05, 0.1) is 6.61 Å². The summed E-state index contributed by atoms with van der Waals surface area (Å²) in [5.74, 6) is 0.487. The lowest BCUT2D eigenvalue weighted by atomic mass is 9.84. The van der Waals surface area contributed by atoms with Gasteiger partial charge >= 0.3 is 0 Å². The van der Waals surface area contributed by atoms with Crippen LogP contribution < -0.4 is 4.74 Å². The van der Waals surface area contributed by atoms with Crippen molar-refractivity contribution in [2.24, 2.45) is 0 Å². The number of ketones is 2. The SMILES string of the molecule is CCCCCCCCCCCCCCOc1ccc2c(c1)C(=O)c1ccccc1C2=O. The molecule has 0 saturated carbocycles. The molecule has 0 heterocycles. The molecule has 0 aromatic heterocycles. The Hall–Kier alpha value is -2.42. The van der Waals surface area contributed by atoms with Crippen molar-refractivity contribution < 1.29 is 14.3 Å². The number of rotatable bonds is 14. The largest absolute Gasteiger partial charge is 0.494 e. The second-order valence-electron chi connectivity index (χ2n) is 8.65. The van der Waals surface area contributed by atoms with Crippen LogP contribution in [0.25, 0.3) is 0 Å². The summed E-state index contributed by atoms with van der Waals surface area (Å²) < 4.78 is 5.87. The highest BCUT2D eigenvalue weighted by molar-refractivity contribution is 6.28. The predicted octanol–water partition coefficient (Wildman–Crippen LogP) is 7.54. The van der Waals surface area contributed by atoms with Crippen molar-refractivity contribution in [2.75, 3.05) is 6.61 Å². The standard InChI is InChI=1S/C28H36O3/c1-2-3-4-5-6-7-8-9-10-11-12-15-20-31-22-18-19-25-26(21-22)28(30)24-17-14-13-16-23(24)27(25)29/h13-14,16-19,21H,2-12,15,20H2,1H3.